The van der Waals surface area contributed by atoms with Gasteiger partial charge in [0, 0.05) is 39.5 Å². The Balaban J connectivity index is 2.08. The van der Waals surface area contributed by atoms with E-state index >= 15 is 0 Å². The maximum Gasteiger partial charge on any atom is 0.0593 e. The second-order valence-corrected chi connectivity index (χ2v) is 5.01. The van der Waals surface area contributed by atoms with Crippen molar-refractivity contribution in [2.24, 2.45) is 11.7 Å². The number of likely N-dealkylation sites (tertiary alicyclic amines) is 1. The van der Waals surface area contributed by atoms with E-state index in [9.17, 15) is 0 Å². The van der Waals surface area contributed by atoms with Crippen LogP contribution < -0.4 is 5.73 Å². The van der Waals surface area contributed by atoms with Gasteiger partial charge in [0.25, 0.3) is 0 Å². The first kappa shape index (κ1) is 14.9. The summed E-state index contributed by atoms with van der Waals surface area (Å²) in [4.78, 5) is 2.48. The first-order valence-electron chi connectivity index (χ1n) is 6.78. The van der Waals surface area contributed by atoms with Gasteiger partial charge in [0.2, 0.25) is 0 Å². The number of hydrogen-bond acceptors (Lipinski definition) is 4. The number of hydrogen-bond donors (Lipinski definition) is 1. The van der Waals surface area contributed by atoms with E-state index in [4.69, 9.17) is 15.2 Å². The Hall–Kier alpha value is -0.160. The minimum atomic E-state index is 0.557. The lowest BCUT2D eigenvalue weighted by Crippen LogP contribution is -2.47. The number of nitrogens with two attached hydrogens (primary N) is 1. The molecule has 2 atom stereocenters. The first-order chi connectivity index (χ1) is 8.27. The van der Waals surface area contributed by atoms with E-state index in [2.05, 4.69) is 11.8 Å². The van der Waals surface area contributed by atoms with Crippen molar-refractivity contribution in [2.75, 3.05) is 46.6 Å². The fourth-order valence-electron chi connectivity index (χ4n) is 2.43. The van der Waals surface area contributed by atoms with E-state index in [1.807, 2.05) is 0 Å². The van der Waals surface area contributed by atoms with Crippen LogP contribution in [0, 0.1) is 5.92 Å². The summed E-state index contributed by atoms with van der Waals surface area (Å²) in [5.41, 5.74) is 5.83. The fraction of sp³-hybridized carbons (Fsp3) is 1.00. The fourth-order valence-corrected chi connectivity index (χ4v) is 2.43. The van der Waals surface area contributed by atoms with E-state index < -0.39 is 0 Å². The molecule has 1 fully saturated rings. The van der Waals surface area contributed by atoms with Gasteiger partial charge in [-0.2, -0.15) is 0 Å². The normalized spacial score (nSPS) is 26.3. The molecule has 1 aliphatic rings. The molecule has 1 rings (SSSR count). The van der Waals surface area contributed by atoms with Crippen LogP contribution in [0.15, 0.2) is 0 Å². The lowest BCUT2D eigenvalue weighted by atomic mass is 9.92. The van der Waals surface area contributed by atoms with Crippen molar-refractivity contribution in [3.05, 3.63) is 0 Å². The second kappa shape index (κ2) is 8.86. The molecule has 0 aliphatic carbocycles. The van der Waals surface area contributed by atoms with E-state index in [-0.39, 0.29) is 0 Å². The van der Waals surface area contributed by atoms with Crippen molar-refractivity contribution >= 4 is 0 Å². The maximum absolute atomic E-state index is 5.83. The van der Waals surface area contributed by atoms with Gasteiger partial charge in [-0.1, -0.05) is 6.92 Å². The summed E-state index contributed by atoms with van der Waals surface area (Å²) in [6, 6.07) is 0.557. The van der Waals surface area contributed by atoms with Crippen LogP contribution in [0.25, 0.3) is 0 Å². The highest BCUT2D eigenvalue weighted by Crippen LogP contribution is 2.21. The summed E-state index contributed by atoms with van der Waals surface area (Å²) < 4.78 is 10.6. The Morgan fingerprint density at radius 3 is 2.82 bits per heavy atom. The molecule has 0 amide bonds. The highest BCUT2D eigenvalue weighted by molar-refractivity contribution is 4.80. The van der Waals surface area contributed by atoms with Crippen molar-refractivity contribution in [3.8, 4) is 0 Å². The molecule has 102 valence electrons. The van der Waals surface area contributed by atoms with Crippen molar-refractivity contribution < 1.29 is 9.47 Å². The molecule has 0 aromatic rings. The average Bonchev–Trinajstić information content (AvgIpc) is 2.35. The molecule has 0 bridgehead atoms. The van der Waals surface area contributed by atoms with E-state index in [1.54, 1.807) is 7.11 Å². The highest BCUT2D eigenvalue weighted by Gasteiger charge is 2.24. The van der Waals surface area contributed by atoms with E-state index in [1.165, 1.54) is 19.4 Å². The third-order valence-corrected chi connectivity index (χ3v) is 3.53. The zero-order chi connectivity index (χ0) is 12.5. The molecular formula is C13H28N2O2. The summed E-state index contributed by atoms with van der Waals surface area (Å²) in [6.07, 6.45) is 3.51. The second-order valence-electron chi connectivity index (χ2n) is 5.01. The van der Waals surface area contributed by atoms with Crippen LogP contribution in [-0.4, -0.2) is 57.5 Å². The minimum Gasteiger partial charge on any atom is -0.385 e. The topological polar surface area (TPSA) is 47.7 Å². The zero-order valence-electron chi connectivity index (χ0n) is 11.4. The maximum atomic E-state index is 5.83. The van der Waals surface area contributed by atoms with Gasteiger partial charge in [-0.15, -0.1) is 0 Å². The molecule has 0 spiro atoms. The molecule has 0 aromatic carbocycles. The summed E-state index contributed by atoms with van der Waals surface area (Å²) in [7, 11) is 1.72. The van der Waals surface area contributed by atoms with Crippen molar-refractivity contribution in [1.82, 2.24) is 4.90 Å². The van der Waals surface area contributed by atoms with Crippen LogP contribution in [0.1, 0.15) is 26.2 Å². The molecule has 1 aliphatic heterocycles. The zero-order valence-corrected chi connectivity index (χ0v) is 11.4. The molecule has 2 unspecified atom stereocenters. The molecule has 0 aromatic heterocycles. The van der Waals surface area contributed by atoms with Crippen molar-refractivity contribution in [3.63, 3.8) is 0 Å². The third kappa shape index (κ3) is 5.82. The van der Waals surface area contributed by atoms with Gasteiger partial charge in [0.05, 0.1) is 6.61 Å². The molecular weight excluding hydrogens is 216 g/mol. The summed E-state index contributed by atoms with van der Waals surface area (Å²) in [5.74, 6) is 0.822. The monoisotopic (exact) mass is 244 g/mol. The van der Waals surface area contributed by atoms with E-state index in [0.29, 0.717) is 6.04 Å². The van der Waals surface area contributed by atoms with Gasteiger partial charge >= 0.3 is 0 Å². The van der Waals surface area contributed by atoms with E-state index in [0.717, 1.165) is 45.2 Å². The SMILES string of the molecule is COCCCOCCN1CCC(C)CC1CN. The van der Waals surface area contributed by atoms with Crippen LogP contribution in [0.4, 0.5) is 0 Å². The van der Waals surface area contributed by atoms with Crippen molar-refractivity contribution in [2.45, 2.75) is 32.2 Å². The van der Waals surface area contributed by atoms with Crippen LogP contribution in [-0.2, 0) is 9.47 Å². The Morgan fingerprint density at radius 1 is 1.29 bits per heavy atom. The lowest BCUT2D eigenvalue weighted by Gasteiger charge is -2.37. The van der Waals surface area contributed by atoms with Crippen LogP contribution in [0.3, 0.4) is 0 Å². The molecule has 4 heteroatoms. The molecule has 2 N–H and O–H groups in total. The van der Waals surface area contributed by atoms with Gasteiger partial charge in [-0.3, -0.25) is 4.90 Å². The van der Waals surface area contributed by atoms with Gasteiger partial charge in [-0.05, 0) is 31.7 Å². The van der Waals surface area contributed by atoms with Crippen molar-refractivity contribution in [1.29, 1.82) is 0 Å². The number of nitrogens with zero attached hydrogens (tertiary/aromatic N) is 1. The van der Waals surface area contributed by atoms with Gasteiger partial charge in [-0.25, -0.2) is 0 Å². The number of rotatable bonds is 8. The summed E-state index contributed by atoms with van der Waals surface area (Å²) in [5, 5.41) is 0. The molecule has 4 nitrogen and oxygen atoms in total. The first-order valence-corrected chi connectivity index (χ1v) is 6.78. The number of methoxy groups -OCH3 is 1. The summed E-state index contributed by atoms with van der Waals surface area (Å²) >= 11 is 0. The van der Waals surface area contributed by atoms with Crippen LogP contribution in [0.5, 0.6) is 0 Å². The highest BCUT2D eigenvalue weighted by atomic mass is 16.5. The smallest absolute Gasteiger partial charge is 0.0593 e. The lowest BCUT2D eigenvalue weighted by molar-refractivity contribution is 0.0543. The van der Waals surface area contributed by atoms with Gasteiger partial charge in [0.15, 0.2) is 0 Å². The predicted octanol–water partition coefficient (Wildman–Crippen LogP) is 1.10. The molecule has 1 heterocycles. The number of piperidine rings is 1. The number of ether oxygens (including phenoxy) is 2. The Labute approximate surface area is 105 Å². The quantitative estimate of drug-likeness (QED) is 0.650. The minimum absolute atomic E-state index is 0.557. The Kier molecular flexibility index (Phi) is 7.77. The molecule has 1 saturated heterocycles. The van der Waals surface area contributed by atoms with Gasteiger partial charge in [0.1, 0.15) is 0 Å². The molecule has 17 heavy (non-hydrogen) atoms. The van der Waals surface area contributed by atoms with Gasteiger partial charge < -0.3 is 15.2 Å². The average molecular weight is 244 g/mol. The van der Waals surface area contributed by atoms with Crippen LogP contribution in [0.2, 0.25) is 0 Å². The third-order valence-electron chi connectivity index (χ3n) is 3.53. The largest absolute Gasteiger partial charge is 0.385 e. The molecule has 0 radical (unpaired) electrons. The van der Waals surface area contributed by atoms with Crippen LogP contribution >= 0.6 is 0 Å². The Morgan fingerprint density at radius 2 is 2.12 bits per heavy atom. The Bertz CT molecular complexity index is 190. The molecule has 0 saturated carbocycles. The predicted molar refractivity (Wildman–Crippen MR) is 70.1 cm³/mol. The standard InChI is InChI=1S/C13H28N2O2/c1-12-4-5-15(13(10-12)11-14)6-9-17-8-3-7-16-2/h12-13H,3-11,14H2,1-2H3. The summed E-state index contributed by atoms with van der Waals surface area (Å²) in [6.45, 7) is 7.67.